The van der Waals surface area contributed by atoms with Gasteiger partial charge in [-0.25, -0.2) is 9.78 Å². The van der Waals surface area contributed by atoms with Gasteiger partial charge < -0.3 is 15.2 Å². The first-order valence-corrected chi connectivity index (χ1v) is 6.55. The molecule has 110 valence electrons. The van der Waals surface area contributed by atoms with Crippen LogP contribution in [-0.4, -0.2) is 59.6 Å². The van der Waals surface area contributed by atoms with Gasteiger partial charge in [0.1, 0.15) is 5.82 Å². The molecular formula is C12H20N6O2. The summed E-state index contributed by atoms with van der Waals surface area (Å²) < 4.78 is 1.95. The second-order valence-corrected chi connectivity index (χ2v) is 4.71. The molecule has 0 bridgehead atoms. The fourth-order valence-corrected chi connectivity index (χ4v) is 2.30. The highest BCUT2D eigenvalue weighted by molar-refractivity contribution is 5.95. The van der Waals surface area contributed by atoms with Gasteiger partial charge in [0, 0.05) is 46.1 Å². The van der Waals surface area contributed by atoms with Crippen LogP contribution in [0.1, 0.15) is 11.9 Å². The van der Waals surface area contributed by atoms with Crippen LogP contribution in [-0.2, 0) is 11.8 Å². The average molecular weight is 280 g/mol. The van der Waals surface area contributed by atoms with Gasteiger partial charge in [0.25, 0.3) is 0 Å². The average Bonchev–Trinajstić information content (AvgIpc) is 2.85. The number of aromatic nitrogens is 2. The van der Waals surface area contributed by atoms with Crippen LogP contribution in [0.15, 0.2) is 12.4 Å². The summed E-state index contributed by atoms with van der Waals surface area (Å²) in [7, 11) is 3.41. The van der Waals surface area contributed by atoms with E-state index < -0.39 is 6.03 Å². The molecule has 0 aliphatic carbocycles. The van der Waals surface area contributed by atoms with E-state index in [1.165, 1.54) is 7.05 Å². The number of rotatable bonds is 3. The number of hydrogen-bond donors (Lipinski definition) is 3. The van der Waals surface area contributed by atoms with E-state index >= 15 is 0 Å². The molecule has 0 saturated carbocycles. The van der Waals surface area contributed by atoms with Gasteiger partial charge in [-0.1, -0.05) is 0 Å². The molecule has 1 fully saturated rings. The largest absolute Gasteiger partial charge is 0.341 e. The quantitative estimate of drug-likeness (QED) is 0.648. The summed E-state index contributed by atoms with van der Waals surface area (Å²) in [5.74, 6) is 0.593. The van der Waals surface area contributed by atoms with E-state index in [4.69, 9.17) is 0 Å². The molecule has 2 heterocycles. The number of hydrogen-bond acceptors (Lipinski definition) is 5. The Kier molecular flexibility index (Phi) is 4.70. The number of imide groups is 1. The molecular weight excluding hydrogens is 260 g/mol. The topological polar surface area (TPSA) is 91.3 Å². The first kappa shape index (κ1) is 14.5. The first-order chi connectivity index (χ1) is 9.61. The van der Waals surface area contributed by atoms with Crippen LogP contribution in [0.2, 0.25) is 0 Å². The number of urea groups is 1. The zero-order valence-corrected chi connectivity index (χ0v) is 11.7. The molecule has 1 saturated heterocycles. The van der Waals surface area contributed by atoms with Crippen molar-refractivity contribution >= 4 is 11.9 Å². The van der Waals surface area contributed by atoms with E-state index in [-0.39, 0.29) is 18.5 Å². The molecule has 1 unspecified atom stereocenters. The third kappa shape index (κ3) is 3.34. The molecule has 0 radical (unpaired) electrons. The smallest absolute Gasteiger partial charge is 0.321 e. The number of aryl methyl sites for hydroxylation is 1. The van der Waals surface area contributed by atoms with E-state index in [0.717, 1.165) is 25.5 Å². The molecule has 1 aromatic rings. The molecule has 1 aliphatic rings. The standard InChI is InChI=1S/C12H20N6O2/c1-13-12(20)16-10(19)8-18-6-3-14-7-9(18)11-15-4-5-17(11)2/h4-5,9,14H,3,6-8H2,1-2H3,(H2,13,16,19,20). The van der Waals surface area contributed by atoms with E-state index in [0.29, 0.717) is 0 Å². The van der Waals surface area contributed by atoms with Gasteiger partial charge in [-0.2, -0.15) is 0 Å². The summed E-state index contributed by atoms with van der Waals surface area (Å²) >= 11 is 0. The fourth-order valence-electron chi connectivity index (χ4n) is 2.30. The van der Waals surface area contributed by atoms with Crippen molar-refractivity contribution in [3.05, 3.63) is 18.2 Å². The van der Waals surface area contributed by atoms with Crippen LogP contribution in [0.4, 0.5) is 4.79 Å². The summed E-state index contributed by atoms with van der Waals surface area (Å²) in [5.41, 5.74) is 0. The SMILES string of the molecule is CNC(=O)NC(=O)CN1CCNCC1c1nccn1C. The van der Waals surface area contributed by atoms with Crippen LogP contribution in [0.3, 0.4) is 0 Å². The van der Waals surface area contributed by atoms with E-state index in [9.17, 15) is 9.59 Å². The number of imidazole rings is 1. The third-order valence-electron chi connectivity index (χ3n) is 3.34. The highest BCUT2D eigenvalue weighted by Gasteiger charge is 2.28. The first-order valence-electron chi connectivity index (χ1n) is 6.55. The Labute approximate surface area is 117 Å². The summed E-state index contributed by atoms with van der Waals surface area (Å²) in [6.07, 6.45) is 3.62. The minimum absolute atomic E-state index is 0.0270. The number of nitrogens with one attached hydrogen (secondary N) is 3. The van der Waals surface area contributed by atoms with Gasteiger partial charge in [0.2, 0.25) is 5.91 Å². The lowest BCUT2D eigenvalue weighted by Gasteiger charge is -2.35. The summed E-state index contributed by atoms with van der Waals surface area (Å²) in [4.78, 5) is 29.3. The summed E-state index contributed by atoms with van der Waals surface area (Å²) in [5, 5.41) is 7.94. The van der Waals surface area contributed by atoms with Crippen molar-refractivity contribution in [2.75, 3.05) is 33.2 Å². The van der Waals surface area contributed by atoms with Gasteiger partial charge in [-0.05, 0) is 0 Å². The maximum absolute atomic E-state index is 11.8. The number of carbonyl (C=O) groups excluding carboxylic acids is 2. The predicted molar refractivity (Wildman–Crippen MR) is 73.0 cm³/mol. The van der Waals surface area contributed by atoms with Gasteiger partial charge in [0.15, 0.2) is 0 Å². The van der Waals surface area contributed by atoms with Crippen LogP contribution in [0, 0.1) is 0 Å². The van der Waals surface area contributed by atoms with Crippen molar-refractivity contribution in [1.82, 2.24) is 30.4 Å². The fraction of sp³-hybridized carbons (Fsp3) is 0.583. The highest BCUT2D eigenvalue weighted by atomic mass is 16.2. The Morgan fingerprint density at radius 2 is 2.35 bits per heavy atom. The van der Waals surface area contributed by atoms with E-state index in [1.807, 2.05) is 22.7 Å². The van der Waals surface area contributed by atoms with Crippen molar-refractivity contribution in [1.29, 1.82) is 0 Å². The van der Waals surface area contributed by atoms with Gasteiger partial charge in [0.05, 0.1) is 12.6 Å². The molecule has 0 spiro atoms. The molecule has 2 rings (SSSR count). The Balaban J connectivity index is 2.02. The molecule has 1 aliphatic heterocycles. The van der Waals surface area contributed by atoms with Gasteiger partial charge >= 0.3 is 6.03 Å². The molecule has 20 heavy (non-hydrogen) atoms. The van der Waals surface area contributed by atoms with Crippen molar-refractivity contribution in [3.63, 3.8) is 0 Å². The Morgan fingerprint density at radius 3 is 3.00 bits per heavy atom. The maximum Gasteiger partial charge on any atom is 0.321 e. The molecule has 8 nitrogen and oxygen atoms in total. The molecule has 0 aromatic carbocycles. The highest BCUT2D eigenvalue weighted by Crippen LogP contribution is 2.19. The zero-order chi connectivity index (χ0) is 14.5. The summed E-state index contributed by atoms with van der Waals surface area (Å²) in [6.45, 7) is 2.46. The molecule has 1 atom stereocenters. The third-order valence-corrected chi connectivity index (χ3v) is 3.34. The Morgan fingerprint density at radius 1 is 1.55 bits per heavy atom. The second kappa shape index (κ2) is 6.49. The van der Waals surface area contributed by atoms with Crippen LogP contribution < -0.4 is 16.0 Å². The molecule has 3 N–H and O–H groups in total. The molecule has 3 amide bonds. The summed E-state index contributed by atoms with van der Waals surface area (Å²) in [6, 6.07) is -0.460. The monoisotopic (exact) mass is 280 g/mol. The zero-order valence-electron chi connectivity index (χ0n) is 11.7. The number of piperazine rings is 1. The maximum atomic E-state index is 11.8. The van der Waals surface area contributed by atoms with Crippen LogP contribution >= 0.6 is 0 Å². The lowest BCUT2D eigenvalue weighted by Crippen LogP contribution is -2.51. The Bertz CT molecular complexity index is 486. The van der Waals surface area contributed by atoms with Gasteiger partial charge in [-0.3, -0.25) is 15.0 Å². The van der Waals surface area contributed by atoms with Crippen LogP contribution in [0.25, 0.3) is 0 Å². The second-order valence-electron chi connectivity index (χ2n) is 4.71. The van der Waals surface area contributed by atoms with Crippen LogP contribution in [0.5, 0.6) is 0 Å². The number of nitrogens with zero attached hydrogens (tertiary/aromatic N) is 3. The number of amides is 3. The number of carbonyl (C=O) groups is 2. The lowest BCUT2D eigenvalue weighted by molar-refractivity contribution is -0.122. The van der Waals surface area contributed by atoms with E-state index in [1.54, 1.807) is 6.20 Å². The minimum atomic E-state index is -0.487. The normalized spacial score (nSPS) is 19.6. The lowest BCUT2D eigenvalue weighted by atomic mass is 10.1. The van der Waals surface area contributed by atoms with Crippen molar-refractivity contribution in [2.24, 2.45) is 7.05 Å². The van der Waals surface area contributed by atoms with Crippen molar-refractivity contribution in [2.45, 2.75) is 6.04 Å². The van der Waals surface area contributed by atoms with Gasteiger partial charge in [-0.15, -0.1) is 0 Å². The van der Waals surface area contributed by atoms with E-state index in [2.05, 4.69) is 20.9 Å². The van der Waals surface area contributed by atoms with Crippen molar-refractivity contribution in [3.8, 4) is 0 Å². The molecule has 8 heteroatoms. The molecule has 1 aromatic heterocycles. The Hall–Kier alpha value is -1.93. The predicted octanol–water partition coefficient (Wildman–Crippen LogP) is -1.18. The minimum Gasteiger partial charge on any atom is -0.341 e. The van der Waals surface area contributed by atoms with Crippen molar-refractivity contribution < 1.29 is 9.59 Å².